The van der Waals surface area contributed by atoms with Crippen LogP contribution in [0.3, 0.4) is 0 Å². The first-order valence-electron chi connectivity index (χ1n) is 5.16. The number of hydrogen-bond donors (Lipinski definition) is 1. The van der Waals surface area contributed by atoms with Crippen LogP contribution in [0.15, 0.2) is 24.3 Å². The summed E-state index contributed by atoms with van der Waals surface area (Å²) in [7, 11) is 0. The normalized spacial score (nSPS) is 10.4. The molecule has 0 aliphatic carbocycles. The SMILES string of the molecule is Cc1nc(N)nc(Cc2ccccc2C)n1. The van der Waals surface area contributed by atoms with E-state index in [9.17, 15) is 0 Å². The van der Waals surface area contributed by atoms with Gasteiger partial charge in [0.25, 0.3) is 0 Å². The molecular formula is C12H14N4. The first-order valence-corrected chi connectivity index (χ1v) is 5.16. The summed E-state index contributed by atoms with van der Waals surface area (Å²) in [6.07, 6.45) is 0.695. The lowest BCUT2D eigenvalue weighted by Crippen LogP contribution is -2.06. The van der Waals surface area contributed by atoms with E-state index in [0.717, 1.165) is 5.82 Å². The summed E-state index contributed by atoms with van der Waals surface area (Å²) in [5, 5.41) is 0. The minimum atomic E-state index is 0.288. The summed E-state index contributed by atoms with van der Waals surface area (Å²) in [6.45, 7) is 3.89. The number of rotatable bonds is 2. The molecule has 0 aliphatic rings. The molecule has 0 atom stereocenters. The van der Waals surface area contributed by atoms with Crippen molar-refractivity contribution in [3.05, 3.63) is 47.0 Å². The van der Waals surface area contributed by atoms with E-state index >= 15 is 0 Å². The van der Waals surface area contributed by atoms with Crippen LogP contribution in [0, 0.1) is 13.8 Å². The third-order valence-electron chi connectivity index (χ3n) is 2.42. The molecule has 2 N–H and O–H groups in total. The smallest absolute Gasteiger partial charge is 0.223 e. The van der Waals surface area contributed by atoms with Crippen molar-refractivity contribution in [1.82, 2.24) is 15.0 Å². The third-order valence-corrected chi connectivity index (χ3v) is 2.42. The van der Waals surface area contributed by atoms with E-state index in [1.54, 1.807) is 0 Å². The van der Waals surface area contributed by atoms with Gasteiger partial charge in [0.15, 0.2) is 0 Å². The Morgan fingerprint density at radius 1 is 1.06 bits per heavy atom. The monoisotopic (exact) mass is 214 g/mol. The van der Waals surface area contributed by atoms with Gasteiger partial charge in [0.2, 0.25) is 5.95 Å². The van der Waals surface area contributed by atoms with Gasteiger partial charge in [0.05, 0.1) is 0 Å². The van der Waals surface area contributed by atoms with Crippen molar-refractivity contribution in [2.24, 2.45) is 0 Å². The van der Waals surface area contributed by atoms with Gasteiger partial charge in [-0.15, -0.1) is 0 Å². The van der Waals surface area contributed by atoms with E-state index in [1.807, 2.05) is 19.1 Å². The Morgan fingerprint density at radius 3 is 2.50 bits per heavy atom. The molecule has 2 aromatic rings. The van der Waals surface area contributed by atoms with Gasteiger partial charge in [-0.2, -0.15) is 9.97 Å². The summed E-state index contributed by atoms with van der Waals surface area (Å²) in [6, 6.07) is 8.18. The molecule has 1 aromatic heterocycles. The number of anilines is 1. The van der Waals surface area contributed by atoms with Crippen LogP contribution in [0.5, 0.6) is 0 Å². The Hall–Kier alpha value is -1.97. The fourth-order valence-corrected chi connectivity index (χ4v) is 1.62. The van der Waals surface area contributed by atoms with Gasteiger partial charge in [-0.3, -0.25) is 0 Å². The van der Waals surface area contributed by atoms with Gasteiger partial charge in [0, 0.05) is 6.42 Å². The zero-order valence-electron chi connectivity index (χ0n) is 9.44. The zero-order chi connectivity index (χ0) is 11.5. The standard InChI is InChI=1S/C12H14N4/c1-8-5-3-4-6-10(8)7-11-14-9(2)15-12(13)16-11/h3-6H,7H2,1-2H3,(H2,13,14,15,16). The second-order valence-corrected chi connectivity index (χ2v) is 3.76. The maximum atomic E-state index is 5.59. The Bertz CT molecular complexity index is 488. The van der Waals surface area contributed by atoms with Crippen molar-refractivity contribution in [3.8, 4) is 0 Å². The molecule has 1 aromatic carbocycles. The lowest BCUT2D eigenvalue weighted by atomic mass is 10.1. The van der Waals surface area contributed by atoms with Crippen LogP contribution in [-0.4, -0.2) is 15.0 Å². The highest BCUT2D eigenvalue weighted by atomic mass is 15.1. The molecule has 0 aliphatic heterocycles. The first kappa shape index (κ1) is 10.5. The van der Waals surface area contributed by atoms with Gasteiger partial charge < -0.3 is 5.73 Å². The number of nitrogen functional groups attached to an aromatic ring is 1. The third kappa shape index (κ3) is 2.34. The largest absolute Gasteiger partial charge is 0.368 e. The van der Waals surface area contributed by atoms with Crippen LogP contribution in [0.4, 0.5) is 5.95 Å². The molecular weight excluding hydrogens is 200 g/mol. The van der Waals surface area contributed by atoms with E-state index in [2.05, 4.69) is 34.0 Å². The van der Waals surface area contributed by atoms with E-state index in [1.165, 1.54) is 11.1 Å². The molecule has 0 spiro atoms. The second-order valence-electron chi connectivity index (χ2n) is 3.76. The quantitative estimate of drug-likeness (QED) is 0.825. The Labute approximate surface area is 94.6 Å². The highest BCUT2D eigenvalue weighted by Gasteiger charge is 2.04. The minimum absolute atomic E-state index is 0.288. The number of nitrogens with zero attached hydrogens (tertiary/aromatic N) is 3. The molecule has 2 rings (SSSR count). The fourth-order valence-electron chi connectivity index (χ4n) is 1.62. The molecule has 0 fully saturated rings. The van der Waals surface area contributed by atoms with Crippen molar-refractivity contribution >= 4 is 5.95 Å². The van der Waals surface area contributed by atoms with Gasteiger partial charge in [-0.05, 0) is 25.0 Å². The molecule has 16 heavy (non-hydrogen) atoms. The van der Waals surface area contributed by atoms with Crippen molar-refractivity contribution in [1.29, 1.82) is 0 Å². The number of benzene rings is 1. The molecule has 0 radical (unpaired) electrons. The van der Waals surface area contributed by atoms with Crippen LogP contribution >= 0.6 is 0 Å². The predicted molar refractivity (Wildman–Crippen MR) is 63.0 cm³/mol. The number of aromatic nitrogens is 3. The molecule has 0 unspecified atom stereocenters. The molecule has 0 amide bonds. The van der Waals surface area contributed by atoms with Gasteiger partial charge in [-0.25, -0.2) is 4.98 Å². The molecule has 4 heteroatoms. The second kappa shape index (κ2) is 4.26. The zero-order valence-corrected chi connectivity index (χ0v) is 9.44. The fraction of sp³-hybridized carbons (Fsp3) is 0.250. The summed E-state index contributed by atoms with van der Waals surface area (Å²) < 4.78 is 0. The van der Waals surface area contributed by atoms with E-state index in [-0.39, 0.29) is 5.95 Å². The average Bonchev–Trinajstić information content (AvgIpc) is 2.20. The summed E-state index contributed by atoms with van der Waals surface area (Å²) >= 11 is 0. The van der Waals surface area contributed by atoms with Crippen LogP contribution in [0.2, 0.25) is 0 Å². The van der Waals surface area contributed by atoms with E-state index in [4.69, 9.17) is 5.73 Å². The van der Waals surface area contributed by atoms with Crippen molar-refractivity contribution < 1.29 is 0 Å². The van der Waals surface area contributed by atoms with E-state index < -0.39 is 0 Å². The van der Waals surface area contributed by atoms with E-state index in [0.29, 0.717) is 12.2 Å². The summed E-state index contributed by atoms with van der Waals surface area (Å²) in [5.41, 5.74) is 8.04. The molecule has 1 heterocycles. The van der Waals surface area contributed by atoms with Gasteiger partial charge >= 0.3 is 0 Å². The van der Waals surface area contributed by atoms with Crippen LogP contribution in [-0.2, 0) is 6.42 Å². The Balaban J connectivity index is 2.30. The van der Waals surface area contributed by atoms with Gasteiger partial charge in [0.1, 0.15) is 11.6 Å². The minimum Gasteiger partial charge on any atom is -0.368 e. The lowest BCUT2D eigenvalue weighted by molar-refractivity contribution is 0.886. The van der Waals surface area contributed by atoms with Gasteiger partial charge in [-0.1, -0.05) is 24.3 Å². The highest BCUT2D eigenvalue weighted by molar-refractivity contribution is 5.29. The Kier molecular flexibility index (Phi) is 2.81. The number of aryl methyl sites for hydroxylation is 2. The molecule has 0 saturated carbocycles. The molecule has 0 saturated heterocycles. The average molecular weight is 214 g/mol. The number of hydrogen-bond acceptors (Lipinski definition) is 4. The molecule has 82 valence electrons. The molecule has 4 nitrogen and oxygen atoms in total. The van der Waals surface area contributed by atoms with Crippen LogP contribution < -0.4 is 5.73 Å². The lowest BCUT2D eigenvalue weighted by Gasteiger charge is -2.05. The first-order chi connectivity index (χ1) is 7.65. The number of nitrogens with two attached hydrogens (primary N) is 1. The topological polar surface area (TPSA) is 64.7 Å². The molecule has 0 bridgehead atoms. The van der Waals surface area contributed by atoms with Crippen LogP contribution in [0.1, 0.15) is 22.8 Å². The van der Waals surface area contributed by atoms with Crippen molar-refractivity contribution in [2.75, 3.05) is 5.73 Å². The Morgan fingerprint density at radius 2 is 1.81 bits per heavy atom. The van der Waals surface area contributed by atoms with Crippen molar-refractivity contribution in [2.45, 2.75) is 20.3 Å². The van der Waals surface area contributed by atoms with Crippen molar-refractivity contribution in [3.63, 3.8) is 0 Å². The predicted octanol–water partition coefficient (Wildman–Crippen LogP) is 1.66. The van der Waals surface area contributed by atoms with Crippen LogP contribution in [0.25, 0.3) is 0 Å². The summed E-state index contributed by atoms with van der Waals surface area (Å²) in [4.78, 5) is 12.3. The maximum Gasteiger partial charge on any atom is 0.223 e. The summed E-state index contributed by atoms with van der Waals surface area (Å²) in [5.74, 6) is 1.67. The highest BCUT2D eigenvalue weighted by Crippen LogP contribution is 2.11. The maximum absolute atomic E-state index is 5.59.